The second kappa shape index (κ2) is 9.54. The molecule has 0 saturated carbocycles. The molecule has 0 aliphatic carbocycles. The lowest BCUT2D eigenvalue weighted by atomic mass is 10.0. The number of hydrogen-bond acceptors (Lipinski definition) is 4. The molecule has 4 nitrogen and oxygen atoms in total. The Labute approximate surface area is 102 Å². The molecule has 0 rings (SSSR count). The molecule has 0 N–H and O–H groups in total. The Morgan fingerprint density at radius 3 is 1.88 bits per heavy atom. The first-order valence-electron chi connectivity index (χ1n) is 5.93. The summed E-state index contributed by atoms with van der Waals surface area (Å²) in [7, 11) is 0. The molecule has 0 heterocycles. The van der Waals surface area contributed by atoms with Crippen LogP contribution in [0.5, 0.6) is 0 Å². The lowest BCUT2D eigenvalue weighted by Gasteiger charge is -2.01. The Bertz CT molecular complexity index is 322. The van der Waals surface area contributed by atoms with E-state index in [-0.39, 0.29) is 11.6 Å². The van der Waals surface area contributed by atoms with Gasteiger partial charge in [-0.3, -0.25) is 4.79 Å². The minimum Gasteiger partial charge on any atom is -0.300 e. The topological polar surface area (TPSA) is 81.7 Å². The van der Waals surface area contributed by atoms with Crippen molar-refractivity contribution in [2.75, 3.05) is 0 Å². The first kappa shape index (κ1) is 15.3. The quantitative estimate of drug-likeness (QED) is 0.574. The van der Waals surface area contributed by atoms with E-state index in [0.29, 0.717) is 12.8 Å². The lowest BCUT2D eigenvalue weighted by Crippen LogP contribution is -2.09. The number of Topliss-reactive ketones (excluding diaryl/α,β-unsaturated/α-hetero) is 2. The maximum absolute atomic E-state index is 11.3. The number of carbonyl (C=O) groups excluding carboxylic acids is 2. The standard InChI is InChI=1S/C13H18N2O2/c1-11(16)7-5-3-2-4-6-8-13(17)12(9-14)10-15/h12H,2-8H2,1H3. The van der Waals surface area contributed by atoms with Crippen LogP contribution in [-0.2, 0) is 9.59 Å². The van der Waals surface area contributed by atoms with Gasteiger partial charge in [0.2, 0.25) is 0 Å². The Hall–Kier alpha value is -1.68. The normalized spacial score (nSPS) is 9.65. The number of hydrogen-bond donors (Lipinski definition) is 0. The predicted octanol–water partition coefficient (Wildman–Crippen LogP) is 2.54. The van der Waals surface area contributed by atoms with E-state index < -0.39 is 5.92 Å². The van der Waals surface area contributed by atoms with Crippen molar-refractivity contribution in [2.24, 2.45) is 5.92 Å². The van der Waals surface area contributed by atoms with E-state index in [1.807, 2.05) is 0 Å². The maximum atomic E-state index is 11.3. The third-order valence-electron chi connectivity index (χ3n) is 2.53. The molecular weight excluding hydrogens is 216 g/mol. The molecule has 92 valence electrons. The fourth-order valence-corrected chi connectivity index (χ4v) is 1.52. The summed E-state index contributed by atoms with van der Waals surface area (Å²) in [6, 6.07) is 3.35. The van der Waals surface area contributed by atoms with Crippen molar-refractivity contribution in [2.45, 2.75) is 51.9 Å². The molecule has 0 atom stereocenters. The van der Waals surface area contributed by atoms with Crippen LogP contribution >= 0.6 is 0 Å². The van der Waals surface area contributed by atoms with E-state index >= 15 is 0 Å². The molecule has 0 aromatic carbocycles. The number of nitriles is 2. The molecule has 0 unspecified atom stereocenters. The Balaban J connectivity index is 3.47. The fourth-order valence-electron chi connectivity index (χ4n) is 1.52. The molecule has 0 amide bonds. The smallest absolute Gasteiger partial charge is 0.191 e. The van der Waals surface area contributed by atoms with Crippen LogP contribution in [0.3, 0.4) is 0 Å². The van der Waals surface area contributed by atoms with Crippen LogP contribution in [0, 0.1) is 28.6 Å². The summed E-state index contributed by atoms with van der Waals surface area (Å²) in [5, 5.41) is 17.0. The summed E-state index contributed by atoms with van der Waals surface area (Å²) >= 11 is 0. The fraction of sp³-hybridized carbons (Fsp3) is 0.692. The molecule has 0 aliphatic heterocycles. The third-order valence-corrected chi connectivity index (χ3v) is 2.53. The first-order chi connectivity index (χ1) is 8.11. The van der Waals surface area contributed by atoms with Crippen molar-refractivity contribution in [3.63, 3.8) is 0 Å². The monoisotopic (exact) mass is 234 g/mol. The van der Waals surface area contributed by atoms with Crippen molar-refractivity contribution >= 4 is 11.6 Å². The van der Waals surface area contributed by atoms with Gasteiger partial charge in [-0.2, -0.15) is 10.5 Å². The Morgan fingerprint density at radius 1 is 0.941 bits per heavy atom. The molecule has 0 radical (unpaired) electrons. The minimum absolute atomic E-state index is 0.214. The van der Waals surface area contributed by atoms with Crippen LogP contribution in [0.4, 0.5) is 0 Å². The average Bonchev–Trinajstić information content (AvgIpc) is 2.29. The summed E-state index contributed by atoms with van der Waals surface area (Å²) in [4.78, 5) is 22.0. The van der Waals surface area contributed by atoms with Gasteiger partial charge in [0, 0.05) is 12.8 Å². The van der Waals surface area contributed by atoms with Gasteiger partial charge >= 0.3 is 0 Å². The second-order valence-corrected chi connectivity index (χ2v) is 4.13. The highest BCUT2D eigenvalue weighted by Gasteiger charge is 2.15. The van der Waals surface area contributed by atoms with E-state index in [4.69, 9.17) is 10.5 Å². The predicted molar refractivity (Wildman–Crippen MR) is 62.7 cm³/mol. The SMILES string of the molecule is CC(=O)CCCCCCCC(=O)C(C#N)C#N. The van der Waals surface area contributed by atoms with E-state index in [0.717, 1.165) is 32.1 Å². The average molecular weight is 234 g/mol. The zero-order valence-electron chi connectivity index (χ0n) is 10.2. The van der Waals surface area contributed by atoms with E-state index in [1.54, 1.807) is 19.1 Å². The van der Waals surface area contributed by atoms with Gasteiger partial charge in [0.1, 0.15) is 5.78 Å². The van der Waals surface area contributed by atoms with Crippen LogP contribution in [0.25, 0.3) is 0 Å². The highest BCUT2D eigenvalue weighted by molar-refractivity contribution is 5.85. The van der Waals surface area contributed by atoms with Gasteiger partial charge < -0.3 is 4.79 Å². The Kier molecular flexibility index (Phi) is 8.60. The Morgan fingerprint density at radius 2 is 1.41 bits per heavy atom. The van der Waals surface area contributed by atoms with Crippen molar-refractivity contribution in [1.29, 1.82) is 10.5 Å². The summed E-state index contributed by atoms with van der Waals surface area (Å²) in [6.07, 6.45) is 5.45. The maximum Gasteiger partial charge on any atom is 0.191 e. The summed E-state index contributed by atoms with van der Waals surface area (Å²) in [5.41, 5.74) is 0. The van der Waals surface area contributed by atoms with E-state index in [1.165, 1.54) is 0 Å². The highest BCUT2D eigenvalue weighted by Crippen LogP contribution is 2.09. The zero-order chi connectivity index (χ0) is 13.1. The van der Waals surface area contributed by atoms with Crippen LogP contribution in [0.15, 0.2) is 0 Å². The molecule has 0 aliphatic rings. The minimum atomic E-state index is -1.10. The van der Waals surface area contributed by atoms with Crippen LogP contribution < -0.4 is 0 Å². The van der Waals surface area contributed by atoms with E-state index in [9.17, 15) is 9.59 Å². The van der Waals surface area contributed by atoms with Gasteiger partial charge in [0.25, 0.3) is 0 Å². The van der Waals surface area contributed by atoms with Gasteiger partial charge in [-0.15, -0.1) is 0 Å². The second-order valence-electron chi connectivity index (χ2n) is 4.13. The van der Waals surface area contributed by atoms with Gasteiger partial charge in [-0.1, -0.05) is 19.3 Å². The molecule has 4 heteroatoms. The summed E-state index contributed by atoms with van der Waals surface area (Å²) in [6.45, 7) is 1.59. The molecular formula is C13H18N2O2. The van der Waals surface area contributed by atoms with Crippen molar-refractivity contribution < 1.29 is 9.59 Å². The molecule has 0 saturated heterocycles. The lowest BCUT2D eigenvalue weighted by molar-refractivity contribution is -0.120. The van der Waals surface area contributed by atoms with Crippen LogP contribution in [0.2, 0.25) is 0 Å². The molecule has 0 aromatic heterocycles. The number of unbranched alkanes of at least 4 members (excludes halogenated alkanes) is 4. The van der Waals surface area contributed by atoms with Gasteiger partial charge in [-0.05, 0) is 19.8 Å². The van der Waals surface area contributed by atoms with Crippen molar-refractivity contribution in [3.8, 4) is 12.1 Å². The summed E-state index contributed by atoms with van der Waals surface area (Å²) < 4.78 is 0. The highest BCUT2D eigenvalue weighted by atomic mass is 16.1. The van der Waals surface area contributed by atoms with Gasteiger partial charge in [0.15, 0.2) is 11.7 Å². The largest absolute Gasteiger partial charge is 0.300 e. The molecule has 0 spiro atoms. The summed E-state index contributed by atoms with van der Waals surface area (Å²) in [5.74, 6) is -1.17. The van der Waals surface area contributed by atoms with Crippen molar-refractivity contribution in [3.05, 3.63) is 0 Å². The molecule has 17 heavy (non-hydrogen) atoms. The van der Waals surface area contributed by atoms with E-state index in [2.05, 4.69) is 0 Å². The first-order valence-corrected chi connectivity index (χ1v) is 5.93. The zero-order valence-corrected chi connectivity index (χ0v) is 10.2. The number of nitrogens with zero attached hydrogens (tertiary/aromatic N) is 2. The van der Waals surface area contributed by atoms with Gasteiger partial charge in [0.05, 0.1) is 12.1 Å². The van der Waals surface area contributed by atoms with Crippen LogP contribution in [-0.4, -0.2) is 11.6 Å². The van der Waals surface area contributed by atoms with Crippen molar-refractivity contribution in [1.82, 2.24) is 0 Å². The van der Waals surface area contributed by atoms with Crippen LogP contribution in [0.1, 0.15) is 51.9 Å². The molecule has 0 aromatic rings. The van der Waals surface area contributed by atoms with Gasteiger partial charge in [-0.25, -0.2) is 0 Å². The molecule has 0 bridgehead atoms. The number of rotatable bonds is 9. The third kappa shape index (κ3) is 8.16. The molecule has 0 fully saturated rings. The number of ketones is 2. The number of carbonyl (C=O) groups is 2.